The number of piperidine rings is 1. The number of carboxylic acids is 1. The number of aliphatic carboxylic acids is 1. The van der Waals surface area contributed by atoms with Crippen LogP contribution in [-0.4, -0.2) is 53.5 Å². The van der Waals surface area contributed by atoms with E-state index in [1.807, 2.05) is 0 Å². The Bertz CT molecular complexity index is 380. The summed E-state index contributed by atoms with van der Waals surface area (Å²) in [6.45, 7) is -1.14. The topological polar surface area (TPSA) is 69.6 Å². The summed E-state index contributed by atoms with van der Waals surface area (Å²) in [5, 5.41) is 10.4. The van der Waals surface area contributed by atoms with E-state index >= 15 is 0 Å². The smallest absolute Gasteiger partial charge is 0.324 e. The van der Waals surface area contributed by atoms with Gasteiger partial charge in [-0.25, -0.2) is 13.6 Å². The van der Waals surface area contributed by atoms with Crippen LogP contribution in [0.5, 0.6) is 0 Å². The van der Waals surface area contributed by atoms with E-state index in [4.69, 9.17) is 5.11 Å². The molecule has 21 heavy (non-hydrogen) atoms. The number of amides is 2. The SMILES string of the molecule is O=C(O)CCC1CCCCN1C(=O)NCC(F)(F)C(F)F. The standard InChI is InChI=1S/C12H18F4N2O3/c13-10(14)12(15,16)7-17-11(21)18-6-2-1-3-8(18)4-5-9(19)20/h8,10H,1-7H2,(H,17,21)(H,19,20). The van der Waals surface area contributed by atoms with Crippen LogP contribution in [0.25, 0.3) is 0 Å². The number of halogens is 4. The molecule has 2 N–H and O–H groups in total. The zero-order valence-corrected chi connectivity index (χ0v) is 11.3. The number of carbonyl (C=O) groups is 2. The maximum Gasteiger partial charge on any atom is 0.324 e. The van der Waals surface area contributed by atoms with E-state index in [2.05, 4.69) is 0 Å². The van der Waals surface area contributed by atoms with Crippen molar-refractivity contribution >= 4 is 12.0 Å². The summed E-state index contributed by atoms with van der Waals surface area (Å²) >= 11 is 0. The van der Waals surface area contributed by atoms with E-state index in [9.17, 15) is 27.2 Å². The fourth-order valence-electron chi connectivity index (χ4n) is 2.23. The highest BCUT2D eigenvalue weighted by atomic mass is 19.3. The fourth-order valence-corrected chi connectivity index (χ4v) is 2.23. The number of nitrogens with one attached hydrogen (secondary N) is 1. The Balaban J connectivity index is 2.54. The van der Waals surface area contributed by atoms with Crippen molar-refractivity contribution in [2.24, 2.45) is 0 Å². The van der Waals surface area contributed by atoms with E-state index < -0.39 is 30.9 Å². The van der Waals surface area contributed by atoms with Crippen molar-refractivity contribution in [2.75, 3.05) is 13.1 Å². The zero-order chi connectivity index (χ0) is 16.0. The van der Waals surface area contributed by atoms with Crippen molar-refractivity contribution in [3.8, 4) is 0 Å². The van der Waals surface area contributed by atoms with Crippen molar-refractivity contribution in [3.05, 3.63) is 0 Å². The van der Waals surface area contributed by atoms with Gasteiger partial charge in [0.05, 0.1) is 6.54 Å². The van der Waals surface area contributed by atoms with E-state index in [0.717, 1.165) is 6.42 Å². The largest absolute Gasteiger partial charge is 0.481 e. The summed E-state index contributed by atoms with van der Waals surface area (Å²) in [6.07, 6.45) is -1.72. The zero-order valence-electron chi connectivity index (χ0n) is 11.3. The Hall–Kier alpha value is -1.54. The summed E-state index contributed by atoms with van der Waals surface area (Å²) in [4.78, 5) is 23.6. The highest BCUT2D eigenvalue weighted by molar-refractivity contribution is 5.75. The summed E-state index contributed by atoms with van der Waals surface area (Å²) in [5.41, 5.74) is 0. The van der Waals surface area contributed by atoms with Crippen LogP contribution < -0.4 is 5.32 Å². The molecule has 0 saturated carbocycles. The van der Waals surface area contributed by atoms with Crippen LogP contribution in [-0.2, 0) is 4.79 Å². The molecule has 2 amide bonds. The lowest BCUT2D eigenvalue weighted by molar-refractivity contribution is -0.137. The molecule has 0 spiro atoms. The van der Waals surface area contributed by atoms with Gasteiger partial charge in [-0.15, -0.1) is 0 Å². The summed E-state index contributed by atoms with van der Waals surface area (Å²) in [7, 11) is 0. The van der Waals surface area contributed by atoms with Gasteiger partial charge < -0.3 is 15.3 Å². The summed E-state index contributed by atoms with van der Waals surface area (Å²) in [5.74, 6) is -5.28. The molecule has 122 valence electrons. The highest BCUT2D eigenvalue weighted by Crippen LogP contribution is 2.23. The van der Waals surface area contributed by atoms with E-state index in [-0.39, 0.29) is 18.9 Å². The second-order valence-corrected chi connectivity index (χ2v) is 5.00. The first-order chi connectivity index (χ1) is 9.74. The van der Waals surface area contributed by atoms with Crippen LogP contribution >= 0.6 is 0 Å². The van der Waals surface area contributed by atoms with Crippen molar-refractivity contribution in [3.63, 3.8) is 0 Å². The van der Waals surface area contributed by atoms with E-state index in [1.54, 1.807) is 5.32 Å². The van der Waals surface area contributed by atoms with Gasteiger partial charge in [-0.3, -0.25) is 4.79 Å². The molecule has 0 radical (unpaired) electrons. The van der Waals surface area contributed by atoms with Crippen LogP contribution in [0.3, 0.4) is 0 Å². The molecule has 0 bridgehead atoms. The molecule has 5 nitrogen and oxygen atoms in total. The molecule has 0 aliphatic carbocycles. The van der Waals surface area contributed by atoms with Gasteiger partial charge in [0.15, 0.2) is 0 Å². The summed E-state index contributed by atoms with van der Waals surface area (Å²) in [6, 6.07) is -1.22. The minimum Gasteiger partial charge on any atom is -0.481 e. The molecule has 9 heteroatoms. The van der Waals surface area contributed by atoms with Crippen LogP contribution in [0, 0.1) is 0 Å². The first kappa shape index (κ1) is 17.5. The predicted octanol–water partition coefficient (Wildman–Crippen LogP) is 2.32. The number of hydrogen-bond donors (Lipinski definition) is 2. The quantitative estimate of drug-likeness (QED) is 0.739. The van der Waals surface area contributed by atoms with Crippen molar-refractivity contribution in [1.29, 1.82) is 0 Å². The third-order valence-electron chi connectivity index (χ3n) is 3.37. The maximum atomic E-state index is 12.8. The Morgan fingerprint density at radius 3 is 2.57 bits per heavy atom. The van der Waals surface area contributed by atoms with Gasteiger partial charge >= 0.3 is 24.3 Å². The van der Waals surface area contributed by atoms with Crippen LogP contribution in [0.4, 0.5) is 22.4 Å². The minimum absolute atomic E-state index is 0.137. The molecule has 1 rings (SSSR count). The number of alkyl halides is 4. The number of carbonyl (C=O) groups excluding carboxylic acids is 1. The minimum atomic E-state index is -4.28. The molecule has 0 aromatic rings. The van der Waals surface area contributed by atoms with Gasteiger partial charge in [-0.05, 0) is 25.7 Å². The summed E-state index contributed by atoms with van der Waals surface area (Å²) < 4.78 is 49.6. The molecule has 1 saturated heterocycles. The average molecular weight is 314 g/mol. The number of likely N-dealkylation sites (tertiary alicyclic amines) is 1. The van der Waals surface area contributed by atoms with Gasteiger partial charge in [0.25, 0.3) is 0 Å². The molecule has 1 atom stereocenters. The number of carboxylic acid groups (broad SMARTS) is 1. The number of hydrogen-bond acceptors (Lipinski definition) is 2. The van der Waals surface area contributed by atoms with E-state index in [0.29, 0.717) is 19.4 Å². The van der Waals surface area contributed by atoms with Gasteiger partial charge in [-0.1, -0.05) is 0 Å². The normalized spacial score (nSPS) is 19.7. The molecular formula is C12H18F4N2O3. The maximum absolute atomic E-state index is 12.8. The molecule has 1 fully saturated rings. The second kappa shape index (κ2) is 7.46. The van der Waals surface area contributed by atoms with Crippen LogP contribution in [0.15, 0.2) is 0 Å². The van der Waals surface area contributed by atoms with E-state index in [1.165, 1.54) is 4.90 Å². The van der Waals surface area contributed by atoms with Crippen molar-refractivity contribution in [1.82, 2.24) is 10.2 Å². The molecule has 1 unspecified atom stereocenters. The lowest BCUT2D eigenvalue weighted by Gasteiger charge is -2.36. The molecule has 1 aliphatic rings. The lowest BCUT2D eigenvalue weighted by Crippen LogP contribution is -2.52. The van der Waals surface area contributed by atoms with Gasteiger partial charge in [-0.2, -0.15) is 8.78 Å². The Morgan fingerprint density at radius 1 is 1.33 bits per heavy atom. The number of urea groups is 1. The Labute approximate surface area is 119 Å². The predicted molar refractivity (Wildman–Crippen MR) is 65.6 cm³/mol. The fraction of sp³-hybridized carbons (Fsp3) is 0.833. The molecule has 0 aromatic heterocycles. The molecule has 1 aliphatic heterocycles. The second-order valence-electron chi connectivity index (χ2n) is 5.00. The highest BCUT2D eigenvalue weighted by Gasteiger charge is 2.41. The van der Waals surface area contributed by atoms with Gasteiger partial charge in [0.2, 0.25) is 0 Å². The third kappa shape index (κ3) is 5.39. The monoisotopic (exact) mass is 314 g/mol. The average Bonchev–Trinajstić information content (AvgIpc) is 2.42. The van der Waals surface area contributed by atoms with Gasteiger partial charge in [0.1, 0.15) is 0 Å². The number of rotatable bonds is 6. The van der Waals surface area contributed by atoms with Gasteiger partial charge in [0, 0.05) is 19.0 Å². The molecular weight excluding hydrogens is 296 g/mol. The Morgan fingerprint density at radius 2 is 2.00 bits per heavy atom. The van der Waals surface area contributed by atoms with Crippen molar-refractivity contribution < 1.29 is 32.3 Å². The van der Waals surface area contributed by atoms with Crippen molar-refractivity contribution in [2.45, 2.75) is 50.5 Å². The lowest BCUT2D eigenvalue weighted by atomic mass is 9.98. The van der Waals surface area contributed by atoms with Crippen LogP contribution in [0.1, 0.15) is 32.1 Å². The molecule has 0 aromatic carbocycles. The number of nitrogens with zero attached hydrogens (tertiary/aromatic N) is 1. The first-order valence-electron chi connectivity index (χ1n) is 6.66. The first-order valence-corrected chi connectivity index (χ1v) is 6.66. The third-order valence-corrected chi connectivity index (χ3v) is 3.37. The molecule has 1 heterocycles. The Kier molecular flexibility index (Phi) is 6.22. The van der Waals surface area contributed by atoms with Crippen LogP contribution in [0.2, 0.25) is 0 Å².